The lowest BCUT2D eigenvalue weighted by molar-refractivity contribution is 1.13. The van der Waals surface area contributed by atoms with E-state index < -0.39 is 32.3 Å². The quantitative estimate of drug-likeness (QED) is 0.161. The van der Waals surface area contributed by atoms with Gasteiger partial charge in [-0.25, -0.2) is 19.9 Å². The van der Waals surface area contributed by atoms with E-state index in [0.29, 0.717) is 44.1 Å². The molecule has 0 saturated heterocycles. The van der Waals surface area contributed by atoms with E-state index in [9.17, 15) is 19.2 Å². The Morgan fingerprint density at radius 1 is 0.353 bits per heavy atom. The molecule has 12 aromatic rings. The topological polar surface area (TPSA) is 137 Å². The van der Waals surface area contributed by atoms with Gasteiger partial charge in [-0.2, -0.15) is 0 Å². The number of nitrogens with zero attached hydrogens (tertiary/aromatic N) is 8. The van der Waals surface area contributed by atoms with Crippen LogP contribution in [0, 0.1) is 0 Å². The first-order valence-corrected chi connectivity index (χ1v) is 35.0. The maximum absolute atomic E-state index is 14.7. The Hall–Kier alpha value is -7.25. The predicted molar refractivity (Wildman–Crippen MR) is 285 cm³/mol. The number of hydrogen-bond donors (Lipinski definition) is 0. The summed E-state index contributed by atoms with van der Waals surface area (Å²) in [6.07, 6.45) is 8.34. The molecule has 68 heavy (non-hydrogen) atoms. The molecule has 326 valence electrons. The van der Waals surface area contributed by atoms with Crippen LogP contribution in [-0.2, 0) is 0 Å². The summed E-state index contributed by atoms with van der Waals surface area (Å²) < 4.78 is 7.13. The van der Waals surface area contributed by atoms with Crippen molar-refractivity contribution < 1.29 is 0 Å². The van der Waals surface area contributed by atoms with Gasteiger partial charge < -0.3 is 0 Å². The average molecular weight is 951 g/mol. The molecule has 0 N–H and O–H groups in total. The first kappa shape index (κ1) is 37.8. The Bertz CT molecular complexity index is 4640. The van der Waals surface area contributed by atoms with Crippen LogP contribution in [0.25, 0.3) is 112 Å². The summed E-state index contributed by atoms with van der Waals surface area (Å²) >= 11 is 0. The van der Waals surface area contributed by atoms with Crippen molar-refractivity contribution in [2.75, 3.05) is 0 Å². The summed E-state index contributed by atoms with van der Waals surface area (Å²) in [5.41, 5.74) is 14.7. The number of pyridine rings is 4. The highest BCUT2D eigenvalue weighted by molar-refractivity contribution is 7.01. The molecule has 0 amide bonds. The van der Waals surface area contributed by atoms with Gasteiger partial charge in [-0.3, -0.25) is 36.8 Å². The Morgan fingerprint density at radius 2 is 0.603 bits per heavy atom. The molecule has 8 aromatic heterocycles. The molecule has 0 saturated carbocycles. The van der Waals surface area contributed by atoms with E-state index >= 15 is 0 Å². The lowest BCUT2D eigenvalue weighted by atomic mass is 9.96. The molecule has 16 heteroatoms. The predicted octanol–water partition coefficient (Wildman–Crippen LogP) is 5.75. The van der Waals surface area contributed by atoms with E-state index in [1.165, 1.54) is 0 Å². The fourth-order valence-corrected chi connectivity index (χ4v) is 25.5. The maximum atomic E-state index is 14.7. The molecule has 0 aliphatic carbocycles. The Kier molecular flexibility index (Phi) is 6.31. The molecule has 0 radical (unpaired) electrons. The summed E-state index contributed by atoms with van der Waals surface area (Å²) in [7, 11) is -8.69. The van der Waals surface area contributed by atoms with Crippen LogP contribution in [0.15, 0.2) is 90.5 Å². The van der Waals surface area contributed by atoms with Gasteiger partial charge in [0.05, 0.1) is 44.0 Å². The largest absolute Gasteiger partial charge is 0.268 e. The SMILES string of the molecule is C[Si]1(C)C=Cc2c1nc1c3ccc4c(=O)n5c6c(nc5c5ccc(c(=O)n21)c3c45)[Si](C)(CC[Si]1(C)C=Cc2c1nc1c3ccc4c5c(ccc(c(=O)n21)c35)c(=O)n1c2c(nc41)[Si](C)(C)C=C2)C=C6. The van der Waals surface area contributed by atoms with Gasteiger partial charge in [-0.1, -0.05) is 74.2 Å². The molecule has 0 bridgehead atoms. The lowest BCUT2D eigenvalue weighted by Gasteiger charge is -2.25. The molecule has 0 spiro atoms. The summed E-state index contributed by atoms with van der Waals surface area (Å²) in [6, 6.07) is 17.3. The summed E-state index contributed by atoms with van der Waals surface area (Å²) in [4.78, 5) is 79.1. The number of fused-ring (bicyclic) bond motifs is 16. The van der Waals surface area contributed by atoms with Crippen molar-refractivity contribution in [1.82, 2.24) is 37.5 Å². The third-order valence-corrected chi connectivity index (χ3v) is 29.6. The smallest absolute Gasteiger partial charge is 0.264 e. The van der Waals surface area contributed by atoms with Crippen LogP contribution >= 0.6 is 0 Å². The highest BCUT2D eigenvalue weighted by atomic mass is 28.3. The second-order valence-corrected chi connectivity index (χ2v) is 38.3. The van der Waals surface area contributed by atoms with E-state index in [-0.39, 0.29) is 22.2 Å². The average Bonchev–Trinajstić information content (AvgIpc) is 4.20. The van der Waals surface area contributed by atoms with Gasteiger partial charge >= 0.3 is 0 Å². The van der Waals surface area contributed by atoms with Gasteiger partial charge in [0.1, 0.15) is 54.9 Å². The van der Waals surface area contributed by atoms with Crippen LogP contribution in [-0.4, -0.2) is 69.8 Å². The summed E-state index contributed by atoms with van der Waals surface area (Å²) in [5.74, 6) is 0. The standard InChI is InChI=1S/C52H38N8O4Si4/c1-65(2)19-15-33-45(65)53-41-25-7-8-26-38-32(14-13-31(37(25)38)50(62)57(33)41)52(64)59-35-17-21-67(5,47(35)55-43(26)59)23-24-68(6)22-18-36-48(68)56-44-28-10-12-29-39-27(9-11-30(40(28)39)51(63)60(36)44)42-54-46-34(58(42)49(29)61)16-20-66(46,3)4/h7-22H,23-24H2,1-6H3. The zero-order valence-corrected chi connectivity index (χ0v) is 41.9. The molecule has 4 aliphatic rings. The van der Waals surface area contributed by atoms with E-state index in [2.05, 4.69) is 98.5 Å². The Balaban J connectivity index is 0.817. The van der Waals surface area contributed by atoms with E-state index in [1.54, 1.807) is 17.6 Å². The third-order valence-electron chi connectivity index (χ3n) is 16.7. The molecular formula is C52H38N8O4Si4. The number of rotatable bonds is 3. The first-order chi connectivity index (χ1) is 32.6. The van der Waals surface area contributed by atoms with Crippen LogP contribution in [0.4, 0.5) is 0 Å². The molecule has 4 aromatic carbocycles. The number of hydrogen-bond acceptors (Lipinski definition) is 8. The number of benzene rings is 4. The molecular weight excluding hydrogens is 913 g/mol. The molecule has 2 unspecified atom stereocenters. The van der Waals surface area contributed by atoms with Crippen LogP contribution < -0.4 is 43.5 Å². The minimum absolute atomic E-state index is 0.112. The molecule has 2 atom stereocenters. The van der Waals surface area contributed by atoms with Gasteiger partial charge in [0.15, 0.2) is 0 Å². The van der Waals surface area contributed by atoms with Crippen molar-refractivity contribution in [3.63, 3.8) is 0 Å². The Morgan fingerprint density at radius 3 is 0.912 bits per heavy atom. The molecule has 16 rings (SSSR count). The number of imidazole rings is 4. The molecule has 4 aliphatic heterocycles. The van der Waals surface area contributed by atoms with Gasteiger partial charge in [0.2, 0.25) is 0 Å². The van der Waals surface area contributed by atoms with Gasteiger partial charge in [0.25, 0.3) is 22.2 Å². The second kappa shape index (κ2) is 11.4. The number of aromatic nitrogens is 8. The third kappa shape index (κ3) is 4.06. The summed E-state index contributed by atoms with van der Waals surface area (Å²) in [6.45, 7) is 13.7. The lowest BCUT2D eigenvalue weighted by Crippen LogP contribution is -2.48. The summed E-state index contributed by atoms with van der Waals surface area (Å²) in [5, 5.41) is 12.9. The van der Waals surface area contributed by atoms with Gasteiger partial charge in [0, 0.05) is 64.6 Å². The maximum Gasteiger partial charge on any atom is 0.264 e. The van der Waals surface area contributed by atoms with E-state index in [0.717, 1.165) is 99.2 Å². The Labute approximate surface area is 387 Å². The van der Waals surface area contributed by atoms with Gasteiger partial charge in [-0.05, 0) is 72.8 Å². The minimum atomic E-state index is -2.41. The zero-order chi connectivity index (χ0) is 46.0. The second-order valence-electron chi connectivity index (χ2n) is 21.5. The monoisotopic (exact) mass is 950 g/mol. The van der Waals surface area contributed by atoms with E-state index in [1.807, 2.05) is 36.4 Å². The fourth-order valence-electron chi connectivity index (χ4n) is 13.0. The fraction of sp³-hybridized carbons (Fsp3) is 0.154. The van der Waals surface area contributed by atoms with Crippen molar-refractivity contribution >= 4 is 165 Å². The van der Waals surface area contributed by atoms with Crippen molar-refractivity contribution in [2.45, 2.75) is 51.4 Å². The van der Waals surface area contributed by atoms with E-state index in [4.69, 9.17) is 19.9 Å². The van der Waals surface area contributed by atoms with Crippen LogP contribution in [0.2, 0.25) is 51.4 Å². The normalized spacial score (nSPS) is 21.0. The van der Waals surface area contributed by atoms with Crippen LogP contribution in [0.3, 0.4) is 0 Å². The minimum Gasteiger partial charge on any atom is -0.268 e. The molecule has 12 heterocycles. The van der Waals surface area contributed by atoms with Crippen molar-refractivity contribution in [3.05, 3.63) is 136 Å². The highest BCUT2D eigenvalue weighted by Crippen LogP contribution is 2.40. The van der Waals surface area contributed by atoms with Crippen molar-refractivity contribution in [2.24, 2.45) is 0 Å². The molecule has 12 nitrogen and oxygen atoms in total. The van der Waals surface area contributed by atoms with Crippen molar-refractivity contribution in [3.8, 4) is 0 Å². The molecule has 0 fully saturated rings. The van der Waals surface area contributed by atoms with Crippen molar-refractivity contribution in [1.29, 1.82) is 0 Å². The van der Waals surface area contributed by atoms with Crippen LogP contribution in [0.1, 0.15) is 22.8 Å². The first-order valence-electron chi connectivity index (χ1n) is 23.3. The van der Waals surface area contributed by atoms with Crippen LogP contribution in [0.5, 0.6) is 0 Å². The highest BCUT2D eigenvalue weighted by Gasteiger charge is 2.44. The zero-order valence-electron chi connectivity index (χ0n) is 37.9. The van der Waals surface area contributed by atoms with Gasteiger partial charge in [-0.15, -0.1) is 0 Å².